The molecule has 2 saturated heterocycles. The number of nitrogens with zero attached hydrogens (tertiary/aromatic N) is 2. The second-order valence-corrected chi connectivity index (χ2v) is 5.69. The van der Waals surface area contributed by atoms with E-state index in [0.717, 1.165) is 6.04 Å². The van der Waals surface area contributed by atoms with Crippen LogP contribution in [0.3, 0.4) is 0 Å². The zero-order valence-corrected chi connectivity index (χ0v) is 12.5. The van der Waals surface area contributed by atoms with Crippen LogP contribution in [0.4, 0.5) is 0 Å². The Bertz CT molecular complexity index is 379. The molecule has 1 aromatic heterocycles. The van der Waals surface area contributed by atoms with Crippen LogP contribution in [0, 0.1) is 6.92 Å². The van der Waals surface area contributed by atoms with Crippen molar-refractivity contribution >= 4 is 12.4 Å². The van der Waals surface area contributed by atoms with E-state index in [1.807, 2.05) is 6.33 Å². The number of piperidine rings is 2. The van der Waals surface area contributed by atoms with Gasteiger partial charge < -0.3 is 15.2 Å². The molecule has 0 amide bonds. The lowest BCUT2D eigenvalue weighted by Crippen LogP contribution is -2.46. The van der Waals surface area contributed by atoms with Gasteiger partial charge in [0.1, 0.15) is 0 Å². The Hall–Kier alpha value is -0.580. The molecule has 0 radical (unpaired) electrons. The molecule has 3 rings (SSSR count). The van der Waals surface area contributed by atoms with Crippen LogP contribution in [0.15, 0.2) is 6.33 Å². The van der Waals surface area contributed by atoms with Gasteiger partial charge in [0.25, 0.3) is 0 Å². The Morgan fingerprint density at radius 2 is 1.84 bits per heavy atom. The van der Waals surface area contributed by atoms with Gasteiger partial charge in [-0.2, -0.15) is 0 Å². The summed E-state index contributed by atoms with van der Waals surface area (Å²) < 4.78 is 0. The van der Waals surface area contributed by atoms with Gasteiger partial charge in [-0.25, -0.2) is 4.98 Å². The van der Waals surface area contributed by atoms with E-state index in [0.29, 0.717) is 5.92 Å². The smallest absolute Gasteiger partial charge is 0.0925 e. The summed E-state index contributed by atoms with van der Waals surface area (Å²) in [7, 11) is 0. The Labute approximate surface area is 121 Å². The van der Waals surface area contributed by atoms with Gasteiger partial charge in [-0.05, 0) is 58.8 Å². The maximum atomic E-state index is 4.32. The molecule has 0 atom stereocenters. The van der Waals surface area contributed by atoms with E-state index in [1.54, 1.807) is 0 Å². The Morgan fingerprint density at radius 1 is 1.16 bits per heavy atom. The fraction of sp³-hybridized carbons (Fsp3) is 0.786. The molecule has 19 heavy (non-hydrogen) atoms. The highest BCUT2D eigenvalue weighted by molar-refractivity contribution is 5.85. The average Bonchev–Trinajstić information content (AvgIpc) is 2.86. The van der Waals surface area contributed by atoms with Crippen molar-refractivity contribution < 1.29 is 0 Å². The van der Waals surface area contributed by atoms with Gasteiger partial charge in [0.2, 0.25) is 0 Å². The Kier molecular flexibility index (Phi) is 5.25. The number of hydrogen-bond donors (Lipinski definition) is 2. The van der Waals surface area contributed by atoms with E-state index in [1.165, 1.54) is 63.3 Å². The summed E-state index contributed by atoms with van der Waals surface area (Å²) in [5, 5.41) is 3.45. The number of H-pyrrole nitrogens is 1. The largest absolute Gasteiger partial charge is 0.348 e. The van der Waals surface area contributed by atoms with Crippen molar-refractivity contribution in [3.8, 4) is 0 Å². The van der Waals surface area contributed by atoms with Crippen molar-refractivity contribution in [3.05, 3.63) is 17.7 Å². The molecule has 2 fully saturated rings. The number of halogens is 1. The van der Waals surface area contributed by atoms with Crippen molar-refractivity contribution in [1.82, 2.24) is 20.2 Å². The summed E-state index contributed by atoms with van der Waals surface area (Å²) in [6, 6.07) is 0.829. The molecule has 5 heteroatoms. The summed E-state index contributed by atoms with van der Waals surface area (Å²) >= 11 is 0. The maximum absolute atomic E-state index is 4.32. The van der Waals surface area contributed by atoms with Gasteiger partial charge in [-0.15, -0.1) is 12.4 Å². The molecular weight excluding hydrogens is 260 g/mol. The monoisotopic (exact) mass is 284 g/mol. The molecule has 3 heterocycles. The predicted molar refractivity (Wildman–Crippen MR) is 80.0 cm³/mol. The fourth-order valence-electron chi connectivity index (χ4n) is 3.51. The van der Waals surface area contributed by atoms with Crippen molar-refractivity contribution in [3.63, 3.8) is 0 Å². The lowest BCUT2D eigenvalue weighted by Gasteiger charge is -2.39. The highest BCUT2D eigenvalue weighted by Crippen LogP contribution is 2.30. The van der Waals surface area contributed by atoms with E-state index >= 15 is 0 Å². The molecule has 4 nitrogen and oxygen atoms in total. The zero-order chi connectivity index (χ0) is 12.4. The first-order chi connectivity index (χ1) is 8.84. The van der Waals surface area contributed by atoms with Gasteiger partial charge in [-0.3, -0.25) is 0 Å². The predicted octanol–water partition coefficient (Wildman–Crippen LogP) is 2.07. The average molecular weight is 285 g/mol. The topological polar surface area (TPSA) is 44.0 Å². The second kappa shape index (κ2) is 6.73. The van der Waals surface area contributed by atoms with E-state index in [9.17, 15) is 0 Å². The molecule has 0 aliphatic carbocycles. The van der Waals surface area contributed by atoms with Crippen LogP contribution >= 0.6 is 12.4 Å². The minimum absolute atomic E-state index is 0. The summed E-state index contributed by atoms with van der Waals surface area (Å²) in [5.41, 5.74) is 2.57. The van der Waals surface area contributed by atoms with E-state index in [-0.39, 0.29) is 12.4 Å². The fourth-order valence-corrected chi connectivity index (χ4v) is 3.51. The highest BCUT2D eigenvalue weighted by Gasteiger charge is 2.27. The molecular formula is C14H25ClN4. The zero-order valence-electron chi connectivity index (χ0n) is 11.7. The number of hydrogen-bond acceptors (Lipinski definition) is 3. The Balaban J connectivity index is 0.00000133. The summed E-state index contributed by atoms with van der Waals surface area (Å²) in [5.74, 6) is 0.700. The molecule has 0 aromatic carbocycles. The SMILES string of the molecule is Cc1nc[nH]c1C1CCN(C2CCNCC2)CC1.Cl. The third-order valence-electron chi connectivity index (χ3n) is 4.63. The van der Waals surface area contributed by atoms with Gasteiger partial charge in [0, 0.05) is 17.7 Å². The molecule has 0 spiro atoms. The molecule has 0 bridgehead atoms. The molecule has 108 valence electrons. The highest BCUT2D eigenvalue weighted by atomic mass is 35.5. The number of aromatic amines is 1. The molecule has 2 aliphatic heterocycles. The van der Waals surface area contributed by atoms with Crippen molar-refractivity contribution in [2.75, 3.05) is 26.2 Å². The normalized spacial score (nSPS) is 23.2. The van der Waals surface area contributed by atoms with Crippen molar-refractivity contribution in [2.24, 2.45) is 0 Å². The second-order valence-electron chi connectivity index (χ2n) is 5.69. The molecule has 0 saturated carbocycles. The summed E-state index contributed by atoms with van der Waals surface area (Å²) in [6.45, 7) is 7.03. The van der Waals surface area contributed by atoms with Crippen LogP contribution < -0.4 is 5.32 Å². The summed E-state index contributed by atoms with van der Waals surface area (Å²) in [6.07, 6.45) is 7.06. The van der Waals surface area contributed by atoms with Crippen LogP contribution in [-0.4, -0.2) is 47.1 Å². The first-order valence-electron chi connectivity index (χ1n) is 7.29. The number of rotatable bonds is 2. The molecule has 1 aromatic rings. The van der Waals surface area contributed by atoms with Crippen LogP contribution in [0.25, 0.3) is 0 Å². The minimum Gasteiger partial charge on any atom is -0.348 e. The molecule has 2 aliphatic rings. The van der Waals surface area contributed by atoms with Crippen LogP contribution in [0.5, 0.6) is 0 Å². The third-order valence-corrected chi connectivity index (χ3v) is 4.63. The Morgan fingerprint density at radius 3 is 2.42 bits per heavy atom. The van der Waals surface area contributed by atoms with E-state index in [2.05, 4.69) is 27.1 Å². The third kappa shape index (κ3) is 3.30. The number of imidazole rings is 1. The maximum Gasteiger partial charge on any atom is 0.0925 e. The minimum atomic E-state index is 0. The lowest BCUT2D eigenvalue weighted by molar-refractivity contribution is 0.126. The van der Waals surface area contributed by atoms with Crippen LogP contribution in [0.1, 0.15) is 43.0 Å². The van der Waals surface area contributed by atoms with Crippen molar-refractivity contribution in [2.45, 2.75) is 44.6 Å². The van der Waals surface area contributed by atoms with E-state index < -0.39 is 0 Å². The first-order valence-corrected chi connectivity index (χ1v) is 7.29. The molecule has 0 unspecified atom stereocenters. The number of aromatic nitrogens is 2. The molecule has 2 N–H and O–H groups in total. The van der Waals surface area contributed by atoms with Crippen LogP contribution in [0.2, 0.25) is 0 Å². The number of likely N-dealkylation sites (tertiary alicyclic amines) is 1. The lowest BCUT2D eigenvalue weighted by atomic mass is 9.90. The van der Waals surface area contributed by atoms with Crippen LogP contribution in [-0.2, 0) is 0 Å². The number of aryl methyl sites for hydroxylation is 1. The van der Waals surface area contributed by atoms with E-state index in [4.69, 9.17) is 0 Å². The van der Waals surface area contributed by atoms with Gasteiger partial charge in [0.05, 0.1) is 12.0 Å². The summed E-state index contributed by atoms with van der Waals surface area (Å²) in [4.78, 5) is 10.4. The quantitative estimate of drug-likeness (QED) is 0.874. The van der Waals surface area contributed by atoms with Gasteiger partial charge in [-0.1, -0.05) is 0 Å². The first kappa shape index (κ1) is 14.8. The number of nitrogens with one attached hydrogen (secondary N) is 2. The van der Waals surface area contributed by atoms with Crippen molar-refractivity contribution in [1.29, 1.82) is 0 Å². The standard InChI is InChI=1S/C14H24N4.ClH/c1-11-14(17-10-16-11)12-4-8-18(9-5-12)13-2-6-15-7-3-13;/h10,12-13,15H,2-9H2,1H3,(H,16,17);1H. The van der Waals surface area contributed by atoms with Gasteiger partial charge in [0.15, 0.2) is 0 Å². The van der Waals surface area contributed by atoms with Gasteiger partial charge >= 0.3 is 0 Å².